The summed E-state index contributed by atoms with van der Waals surface area (Å²) < 4.78 is 10.4. The summed E-state index contributed by atoms with van der Waals surface area (Å²) in [5, 5.41) is 1.42. The lowest BCUT2D eigenvalue weighted by atomic mass is 10.0. The van der Waals surface area contributed by atoms with Gasteiger partial charge in [-0.25, -0.2) is 0 Å². The van der Waals surface area contributed by atoms with Crippen molar-refractivity contribution in [2.24, 2.45) is 0 Å². The van der Waals surface area contributed by atoms with Crippen LogP contribution in [-0.2, 0) is 9.59 Å². The smallest absolute Gasteiger partial charge is 0.250 e. The molecule has 0 aromatic heterocycles. The molecule has 3 aromatic carbocycles. The van der Waals surface area contributed by atoms with Gasteiger partial charge in [0, 0.05) is 5.69 Å². The number of hydrogen-bond acceptors (Lipinski definition) is 6. The lowest BCUT2D eigenvalue weighted by Gasteiger charge is -2.10. The van der Waals surface area contributed by atoms with Crippen LogP contribution in [0.1, 0.15) is 6.92 Å². The van der Waals surface area contributed by atoms with Crippen molar-refractivity contribution in [1.82, 2.24) is 0 Å². The zero-order valence-electron chi connectivity index (χ0n) is 18.1. The Hall–Kier alpha value is -3.71. The molecule has 0 spiro atoms. The monoisotopic (exact) mass is 455 g/mol. The van der Waals surface area contributed by atoms with E-state index in [2.05, 4.69) is 5.32 Å². The molecular weight excluding hydrogens is 430 g/mol. The van der Waals surface area contributed by atoms with Crippen LogP contribution in [-0.4, -0.2) is 31.3 Å². The maximum absolute atomic E-state index is 11.3. The second-order valence-electron chi connectivity index (χ2n) is 6.74. The number of alkyl halides is 1. The average molecular weight is 456 g/mol. The molecule has 0 heterocycles. The number of nitrogens with one attached hydrogen (secondary N) is 1. The number of ether oxygens (including phenoxy) is 2. The summed E-state index contributed by atoms with van der Waals surface area (Å²) in [5.41, 5.74) is 15.4. The quantitative estimate of drug-likeness (QED) is 0.289. The van der Waals surface area contributed by atoms with Crippen molar-refractivity contribution in [3.05, 3.63) is 66.7 Å². The van der Waals surface area contributed by atoms with Crippen molar-refractivity contribution in [1.29, 1.82) is 0 Å². The van der Waals surface area contributed by atoms with Crippen LogP contribution in [0, 0.1) is 0 Å². The van der Waals surface area contributed by atoms with Crippen LogP contribution in [0.15, 0.2) is 66.7 Å². The number of carbonyl (C=O) groups excluding carboxylic acids is 2. The minimum atomic E-state index is -1.12. The first-order chi connectivity index (χ1) is 15.3. The molecule has 0 aliphatic rings. The first kappa shape index (κ1) is 24.6. The van der Waals surface area contributed by atoms with Gasteiger partial charge in [-0.2, -0.15) is 0 Å². The van der Waals surface area contributed by atoms with E-state index in [0.29, 0.717) is 28.6 Å². The van der Waals surface area contributed by atoms with Gasteiger partial charge in [0.05, 0.1) is 25.6 Å². The van der Waals surface area contributed by atoms with E-state index >= 15 is 0 Å². The molecule has 168 valence electrons. The van der Waals surface area contributed by atoms with Crippen LogP contribution in [0.25, 0.3) is 11.1 Å². The van der Waals surface area contributed by atoms with E-state index in [0.717, 1.165) is 11.1 Å². The largest absolute Gasteiger partial charge is 0.495 e. The van der Waals surface area contributed by atoms with Gasteiger partial charge in [-0.1, -0.05) is 30.3 Å². The van der Waals surface area contributed by atoms with E-state index in [1.807, 2.05) is 42.5 Å². The third-order valence-corrected chi connectivity index (χ3v) is 4.93. The first-order valence-corrected chi connectivity index (χ1v) is 10.1. The fourth-order valence-electron chi connectivity index (χ4n) is 2.69. The highest BCUT2D eigenvalue weighted by Crippen LogP contribution is 2.32. The molecule has 8 heteroatoms. The molecule has 3 aromatic rings. The number of hydrogen-bond donors (Lipinski definition) is 3. The van der Waals surface area contributed by atoms with Gasteiger partial charge in [0.15, 0.2) is 11.2 Å². The number of halogens is 1. The minimum absolute atomic E-state index is 0.361. The van der Waals surface area contributed by atoms with E-state index in [-0.39, 0.29) is 5.78 Å². The van der Waals surface area contributed by atoms with E-state index in [9.17, 15) is 9.59 Å². The van der Waals surface area contributed by atoms with Crippen molar-refractivity contribution in [2.45, 2.75) is 12.3 Å². The number of carbonyl (C=O) groups is 2. The summed E-state index contributed by atoms with van der Waals surface area (Å²) >= 11 is 5.55. The predicted octanol–water partition coefficient (Wildman–Crippen LogP) is 4.36. The van der Waals surface area contributed by atoms with Crippen molar-refractivity contribution >= 4 is 40.4 Å². The average Bonchev–Trinajstić information content (AvgIpc) is 2.80. The van der Waals surface area contributed by atoms with Crippen LogP contribution in [0.2, 0.25) is 0 Å². The number of benzene rings is 3. The van der Waals surface area contributed by atoms with Gasteiger partial charge in [-0.3, -0.25) is 9.59 Å². The number of rotatable bonds is 6. The van der Waals surface area contributed by atoms with E-state index in [1.54, 1.807) is 38.5 Å². The highest BCUT2D eigenvalue weighted by Gasteiger charge is 2.19. The van der Waals surface area contributed by atoms with Crippen LogP contribution >= 0.6 is 11.6 Å². The molecule has 1 unspecified atom stereocenters. The number of Topliss-reactive ketones (excluding diaryl/α,β-unsaturated/α-hetero) is 1. The van der Waals surface area contributed by atoms with E-state index in [1.165, 1.54) is 6.92 Å². The molecule has 1 atom stereocenters. The summed E-state index contributed by atoms with van der Waals surface area (Å²) in [6.07, 6.45) is 0. The van der Waals surface area contributed by atoms with Crippen molar-refractivity contribution in [3.8, 4) is 22.6 Å². The SMILES string of the molecule is CC(=O)C(Cl)C(=O)Nc1ccccc1.COc1cc(-c2ccc(N)c(OC)c2)ccc1N. The van der Waals surface area contributed by atoms with Crippen molar-refractivity contribution < 1.29 is 19.1 Å². The van der Waals surface area contributed by atoms with E-state index in [4.69, 9.17) is 32.5 Å². The number of amides is 1. The third kappa shape index (κ3) is 6.65. The number of nitrogens with two attached hydrogens (primary N) is 2. The molecule has 0 radical (unpaired) electrons. The number of ketones is 1. The Balaban J connectivity index is 0.000000235. The minimum Gasteiger partial charge on any atom is -0.495 e. The van der Waals surface area contributed by atoms with Crippen LogP contribution in [0.4, 0.5) is 17.1 Å². The van der Waals surface area contributed by atoms with Gasteiger partial charge < -0.3 is 26.3 Å². The molecule has 1 amide bonds. The Labute approximate surface area is 192 Å². The Morgan fingerprint density at radius 1 is 0.844 bits per heavy atom. The molecule has 7 nitrogen and oxygen atoms in total. The molecule has 0 bridgehead atoms. The molecule has 0 aliphatic heterocycles. The second-order valence-corrected chi connectivity index (χ2v) is 7.18. The van der Waals surface area contributed by atoms with Crippen LogP contribution in [0.5, 0.6) is 11.5 Å². The molecule has 5 N–H and O–H groups in total. The maximum Gasteiger partial charge on any atom is 0.250 e. The lowest BCUT2D eigenvalue weighted by Crippen LogP contribution is -2.28. The summed E-state index contributed by atoms with van der Waals surface area (Å²) in [5.74, 6) is 0.456. The fraction of sp³-hybridized carbons (Fsp3) is 0.167. The summed E-state index contributed by atoms with van der Waals surface area (Å²) in [6.45, 7) is 1.28. The Kier molecular flexibility index (Phi) is 8.92. The fourth-order valence-corrected chi connectivity index (χ4v) is 2.75. The molecular formula is C24H26ClN3O4. The van der Waals surface area contributed by atoms with Crippen LogP contribution in [0.3, 0.4) is 0 Å². The van der Waals surface area contributed by atoms with Crippen molar-refractivity contribution in [2.75, 3.05) is 31.0 Å². The van der Waals surface area contributed by atoms with Gasteiger partial charge in [-0.05, 0) is 54.4 Å². The number of methoxy groups -OCH3 is 2. The van der Waals surface area contributed by atoms with E-state index < -0.39 is 11.3 Å². The first-order valence-electron chi connectivity index (χ1n) is 9.64. The molecule has 0 aliphatic carbocycles. The predicted molar refractivity (Wildman–Crippen MR) is 129 cm³/mol. The summed E-state index contributed by atoms with van der Waals surface area (Å²) in [7, 11) is 3.19. The second kappa shape index (κ2) is 11.6. The summed E-state index contributed by atoms with van der Waals surface area (Å²) in [6, 6.07) is 20.1. The number of anilines is 3. The topological polar surface area (TPSA) is 117 Å². The van der Waals surface area contributed by atoms with Gasteiger partial charge in [0.2, 0.25) is 5.91 Å². The Bertz CT molecular complexity index is 1020. The molecule has 0 saturated carbocycles. The van der Waals surface area contributed by atoms with Gasteiger partial charge in [0.1, 0.15) is 11.5 Å². The number of para-hydroxylation sites is 1. The zero-order valence-corrected chi connectivity index (χ0v) is 18.8. The van der Waals surface area contributed by atoms with Crippen LogP contribution < -0.4 is 26.3 Å². The molecule has 0 saturated heterocycles. The Morgan fingerprint density at radius 3 is 1.72 bits per heavy atom. The number of nitrogen functional groups attached to an aromatic ring is 2. The van der Waals surface area contributed by atoms with Crippen molar-refractivity contribution in [3.63, 3.8) is 0 Å². The highest BCUT2D eigenvalue weighted by molar-refractivity contribution is 6.43. The highest BCUT2D eigenvalue weighted by atomic mass is 35.5. The summed E-state index contributed by atoms with van der Waals surface area (Å²) in [4.78, 5) is 22.1. The third-order valence-electron chi connectivity index (χ3n) is 4.43. The maximum atomic E-state index is 11.3. The molecule has 32 heavy (non-hydrogen) atoms. The van der Waals surface area contributed by atoms with Gasteiger partial charge in [-0.15, -0.1) is 11.6 Å². The molecule has 3 rings (SSSR count). The standard InChI is InChI=1S/C14H16N2O2.C10H10ClNO2/c1-17-13-7-9(3-5-11(13)15)10-4-6-12(16)14(8-10)18-2;1-7(13)9(11)10(14)12-8-5-3-2-4-6-8/h3-8H,15-16H2,1-2H3;2-6,9H,1H3,(H,12,14). The van der Waals surface area contributed by atoms with Gasteiger partial charge >= 0.3 is 0 Å². The Morgan fingerprint density at radius 2 is 1.31 bits per heavy atom. The lowest BCUT2D eigenvalue weighted by molar-refractivity contribution is -0.123. The molecule has 0 fully saturated rings. The normalized spacial score (nSPS) is 10.9. The van der Waals surface area contributed by atoms with Gasteiger partial charge in [0.25, 0.3) is 0 Å². The zero-order chi connectivity index (χ0) is 23.7.